The van der Waals surface area contributed by atoms with Crippen LogP contribution in [-0.4, -0.2) is 39.6 Å². The van der Waals surface area contributed by atoms with Crippen LogP contribution in [0.2, 0.25) is 0 Å². The monoisotopic (exact) mass is 375 g/mol. The molecule has 4 aromatic rings. The highest BCUT2D eigenvalue weighted by atomic mass is 15.1. The van der Waals surface area contributed by atoms with Crippen LogP contribution < -0.4 is 5.32 Å². The second-order valence-electron chi connectivity index (χ2n) is 7.77. The van der Waals surface area contributed by atoms with E-state index in [0.29, 0.717) is 5.92 Å². The van der Waals surface area contributed by atoms with E-state index in [-0.39, 0.29) is 7.43 Å². The SMILES string of the molecule is C.CN1CCC(c2c[nH]c3cc(Nc4ccc5ncn(C)c5c4)ccc23)CC1. The van der Waals surface area contributed by atoms with Crippen LogP contribution in [0.1, 0.15) is 31.7 Å². The smallest absolute Gasteiger partial charge is 0.0955 e. The molecule has 1 aliphatic heterocycles. The van der Waals surface area contributed by atoms with E-state index in [4.69, 9.17) is 0 Å². The lowest BCUT2D eigenvalue weighted by Crippen LogP contribution is -2.29. The zero-order chi connectivity index (χ0) is 18.4. The molecule has 28 heavy (non-hydrogen) atoms. The van der Waals surface area contributed by atoms with Gasteiger partial charge in [0.25, 0.3) is 0 Å². The Morgan fingerprint density at radius 2 is 1.79 bits per heavy atom. The van der Waals surface area contributed by atoms with E-state index in [1.807, 2.05) is 17.9 Å². The number of aromatic nitrogens is 3. The molecule has 0 unspecified atom stereocenters. The van der Waals surface area contributed by atoms with Crippen LogP contribution in [0.25, 0.3) is 21.9 Å². The summed E-state index contributed by atoms with van der Waals surface area (Å²) in [4.78, 5) is 10.3. The van der Waals surface area contributed by atoms with E-state index in [0.717, 1.165) is 22.4 Å². The van der Waals surface area contributed by atoms with Gasteiger partial charge >= 0.3 is 0 Å². The number of H-pyrrole nitrogens is 1. The summed E-state index contributed by atoms with van der Waals surface area (Å²) >= 11 is 0. The number of rotatable bonds is 3. The predicted molar refractivity (Wildman–Crippen MR) is 118 cm³/mol. The quantitative estimate of drug-likeness (QED) is 0.514. The molecular formula is C23H29N5. The van der Waals surface area contributed by atoms with Gasteiger partial charge in [-0.3, -0.25) is 0 Å². The molecule has 5 nitrogen and oxygen atoms in total. The first-order chi connectivity index (χ1) is 13.2. The molecule has 1 fully saturated rings. The van der Waals surface area contributed by atoms with Crippen LogP contribution in [-0.2, 0) is 7.05 Å². The largest absolute Gasteiger partial charge is 0.361 e. The van der Waals surface area contributed by atoms with Gasteiger partial charge in [0, 0.05) is 35.5 Å². The predicted octanol–water partition coefficient (Wildman–Crippen LogP) is 5.24. The number of aromatic amines is 1. The number of aryl methyl sites for hydroxylation is 1. The Morgan fingerprint density at radius 1 is 1.04 bits per heavy atom. The van der Waals surface area contributed by atoms with Gasteiger partial charge in [0.05, 0.1) is 17.4 Å². The lowest BCUT2D eigenvalue weighted by atomic mass is 9.89. The van der Waals surface area contributed by atoms with Gasteiger partial charge in [-0.05, 0) is 74.8 Å². The molecule has 1 aliphatic rings. The minimum Gasteiger partial charge on any atom is -0.361 e. The molecule has 2 aromatic carbocycles. The Balaban J connectivity index is 0.00000192. The zero-order valence-electron chi connectivity index (χ0n) is 15.9. The summed E-state index contributed by atoms with van der Waals surface area (Å²) in [5.74, 6) is 0.668. The van der Waals surface area contributed by atoms with Gasteiger partial charge in [0.15, 0.2) is 0 Å². The van der Waals surface area contributed by atoms with Crippen molar-refractivity contribution in [2.75, 3.05) is 25.5 Å². The minimum atomic E-state index is 0. The lowest BCUT2D eigenvalue weighted by molar-refractivity contribution is 0.256. The van der Waals surface area contributed by atoms with E-state index in [1.165, 1.54) is 42.4 Å². The van der Waals surface area contributed by atoms with Gasteiger partial charge in [-0.2, -0.15) is 0 Å². The van der Waals surface area contributed by atoms with Crippen LogP contribution in [0.15, 0.2) is 48.9 Å². The molecule has 0 amide bonds. The number of hydrogen-bond donors (Lipinski definition) is 2. The van der Waals surface area contributed by atoms with Gasteiger partial charge in [-0.1, -0.05) is 13.5 Å². The van der Waals surface area contributed by atoms with Crippen molar-refractivity contribution in [3.05, 3.63) is 54.5 Å². The third kappa shape index (κ3) is 3.27. The number of likely N-dealkylation sites (tertiary alicyclic amines) is 1. The summed E-state index contributed by atoms with van der Waals surface area (Å²) in [6.07, 6.45) is 6.55. The molecule has 5 rings (SSSR count). The van der Waals surface area contributed by atoms with E-state index in [2.05, 4.69) is 69.8 Å². The molecule has 0 saturated carbocycles. The molecule has 146 valence electrons. The van der Waals surface area contributed by atoms with Crippen molar-refractivity contribution in [2.45, 2.75) is 26.2 Å². The lowest BCUT2D eigenvalue weighted by Gasteiger charge is -2.28. The van der Waals surface area contributed by atoms with Crippen LogP contribution in [0, 0.1) is 0 Å². The molecule has 0 spiro atoms. The molecule has 2 aromatic heterocycles. The van der Waals surface area contributed by atoms with E-state index < -0.39 is 0 Å². The van der Waals surface area contributed by atoms with E-state index >= 15 is 0 Å². The maximum atomic E-state index is 4.39. The Bertz CT molecular complexity index is 1100. The summed E-state index contributed by atoms with van der Waals surface area (Å²) in [6.45, 7) is 2.38. The summed E-state index contributed by atoms with van der Waals surface area (Å²) in [5, 5.41) is 4.89. The first-order valence-corrected chi connectivity index (χ1v) is 9.65. The fourth-order valence-corrected chi connectivity index (χ4v) is 4.25. The molecule has 0 aliphatic carbocycles. The highest BCUT2D eigenvalue weighted by Crippen LogP contribution is 2.34. The first-order valence-electron chi connectivity index (χ1n) is 9.65. The van der Waals surface area contributed by atoms with Crippen LogP contribution in [0.5, 0.6) is 0 Å². The van der Waals surface area contributed by atoms with Crippen molar-refractivity contribution >= 4 is 33.3 Å². The number of nitrogens with zero attached hydrogens (tertiary/aromatic N) is 3. The Labute approximate surface area is 166 Å². The normalized spacial score (nSPS) is 15.8. The molecule has 5 heteroatoms. The Morgan fingerprint density at radius 3 is 2.61 bits per heavy atom. The molecule has 2 N–H and O–H groups in total. The maximum absolute atomic E-state index is 4.39. The van der Waals surface area contributed by atoms with Crippen molar-refractivity contribution in [1.29, 1.82) is 0 Å². The topological polar surface area (TPSA) is 48.9 Å². The summed E-state index contributed by atoms with van der Waals surface area (Å²) in [7, 11) is 4.24. The second kappa shape index (κ2) is 7.32. The average molecular weight is 376 g/mol. The third-order valence-corrected chi connectivity index (χ3v) is 5.89. The highest BCUT2D eigenvalue weighted by Gasteiger charge is 2.21. The molecule has 0 bridgehead atoms. The van der Waals surface area contributed by atoms with Gasteiger partial charge in [0.2, 0.25) is 0 Å². The Kier molecular flexibility index (Phi) is 4.85. The molecule has 3 heterocycles. The van der Waals surface area contributed by atoms with Gasteiger partial charge < -0.3 is 19.8 Å². The van der Waals surface area contributed by atoms with Crippen LogP contribution >= 0.6 is 0 Å². The fraction of sp³-hybridized carbons (Fsp3) is 0.348. The molecule has 1 saturated heterocycles. The number of fused-ring (bicyclic) bond motifs is 2. The van der Waals surface area contributed by atoms with E-state index in [9.17, 15) is 0 Å². The first kappa shape index (κ1) is 18.6. The van der Waals surface area contributed by atoms with Gasteiger partial charge in [-0.25, -0.2) is 4.98 Å². The average Bonchev–Trinajstić information content (AvgIpc) is 3.26. The van der Waals surface area contributed by atoms with Crippen LogP contribution in [0.4, 0.5) is 11.4 Å². The number of piperidine rings is 1. The summed E-state index contributed by atoms with van der Waals surface area (Å²) in [5.41, 5.74) is 7.00. The minimum absolute atomic E-state index is 0. The highest BCUT2D eigenvalue weighted by molar-refractivity contribution is 5.88. The summed E-state index contributed by atoms with van der Waals surface area (Å²) in [6, 6.07) is 12.9. The number of nitrogens with one attached hydrogen (secondary N) is 2. The molecular weight excluding hydrogens is 346 g/mol. The zero-order valence-corrected chi connectivity index (χ0v) is 15.9. The molecule has 0 radical (unpaired) electrons. The standard InChI is InChI=1S/C22H25N5.CH4/c1-26-9-7-15(8-10-26)19-13-23-21-11-16(3-5-18(19)21)25-17-4-6-20-22(12-17)27(2)14-24-20;/h3-6,11-15,23,25H,7-10H2,1-2H3;1H4. The Hall–Kier alpha value is -2.79. The number of anilines is 2. The van der Waals surface area contributed by atoms with Crippen molar-refractivity contribution in [1.82, 2.24) is 19.4 Å². The number of hydrogen-bond acceptors (Lipinski definition) is 3. The van der Waals surface area contributed by atoms with Gasteiger partial charge in [-0.15, -0.1) is 0 Å². The fourth-order valence-electron chi connectivity index (χ4n) is 4.25. The van der Waals surface area contributed by atoms with Crippen LogP contribution in [0.3, 0.4) is 0 Å². The van der Waals surface area contributed by atoms with Crippen molar-refractivity contribution in [3.8, 4) is 0 Å². The van der Waals surface area contributed by atoms with Crippen molar-refractivity contribution in [2.24, 2.45) is 7.05 Å². The number of imidazole rings is 1. The van der Waals surface area contributed by atoms with Crippen molar-refractivity contribution in [3.63, 3.8) is 0 Å². The maximum Gasteiger partial charge on any atom is 0.0955 e. The van der Waals surface area contributed by atoms with E-state index in [1.54, 1.807) is 0 Å². The second-order valence-corrected chi connectivity index (χ2v) is 7.77. The molecule has 0 atom stereocenters. The third-order valence-electron chi connectivity index (χ3n) is 5.89. The van der Waals surface area contributed by atoms with Gasteiger partial charge in [0.1, 0.15) is 0 Å². The number of benzene rings is 2. The van der Waals surface area contributed by atoms with Crippen molar-refractivity contribution < 1.29 is 0 Å². The summed E-state index contributed by atoms with van der Waals surface area (Å²) < 4.78 is 2.04.